The Kier molecular flexibility index (Phi) is 5.12. The Hall–Kier alpha value is -1.18. The largest absolute Gasteiger partial charge is 0.462 e. The number of carbonyl (C=O) groups excluding carboxylic acids is 1. The average Bonchev–Trinajstić information content (AvgIpc) is 2.83. The summed E-state index contributed by atoms with van der Waals surface area (Å²) in [5.74, 6) is 0.506. The molecular weight excluding hydrogens is 300 g/mol. The van der Waals surface area contributed by atoms with E-state index in [1.807, 2.05) is 12.1 Å². The molecule has 0 unspecified atom stereocenters. The number of H-pyrrole nitrogens is 1. The highest BCUT2D eigenvalue weighted by molar-refractivity contribution is 8.00. The third-order valence-electron chi connectivity index (χ3n) is 2.25. The number of hydrogen-bond donors (Lipinski definition) is 1. The fraction of sp³-hybridized carbons (Fsp3) is 0.250. The molecule has 1 aromatic heterocycles. The van der Waals surface area contributed by atoms with E-state index in [9.17, 15) is 4.79 Å². The number of carbonyl (C=O) groups is 1. The van der Waals surface area contributed by atoms with Crippen LogP contribution in [0, 0.1) is 3.95 Å². The molecule has 100 valence electrons. The molecule has 0 spiro atoms. The number of thioether (sulfide) groups is 1. The lowest BCUT2D eigenvalue weighted by Gasteiger charge is -2.03. The Bertz CT molecular complexity index is 604. The Labute approximate surface area is 124 Å². The number of nitrogens with one attached hydrogen (secondary N) is 1. The van der Waals surface area contributed by atoms with E-state index < -0.39 is 0 Å². The number of aromatic amines is 1. The molecule has 0 aliphatic heterocycles. The molecule has 0 aliphatic carbocycles. The average molecular weight is 312 g/mol. The van der Waals surface area contributed by atoms with Crippen LogP contribution in [0.2, 0.25) is 0 Å². The zero-order chi connectivity index (χ0) is 13.7. The summed E-state index contributed by atoms with van der Waals surface area (Å²) < 4.78 is 6.53. The first-order chi connectivity index (χ1) is 9.19. The zero-order valence-corrected chi connectivity index (χ0v) is 12.7. The molecule has 0 bridgehead atoms. The van der Waals surface area contributed by atoms with Crippen molar-refractivity contribution in [2.24, 2.45) is 0 Å². The number of benzene rings is 1. The molecule has 1 heterocycles. The Morgan fingerprint density at radius 3 is 2.79 bits per heavy atom. The second-order valence-corrected chi connectivity index (χ2v) is 6.47. The van der Waals surface area contributed by atoms with Gasteiger partial charge in [0.25, 0.3) is 0 Å². The second kappa shape index (κ2) is 6.83. The number of esters is 1. The summed E-state index contributed by atoms with van der Waals surface area (Å²) in [6.45, 7) is 2.18. The van der Waals surface area contributed by atoms with Crippen LogP contribution in [-0.4, -0.2) is 22.8 Å². The van der Waals surface area contributed by atoms with Crippen LogP contribution in [0.5, 0.6) is 0 Å². The van der Waals surface area contributed by atoms with E-state index in [1.165, 1.54) is 11.3 Å². The van der Waals surface area contributed by atoms with Gasteiger partial charge in [0.1, 0.15) is 0 Å². The number of hydrogen-bond acceptors (Lipinski definition) is 6. The van der Waals surface area contributed by atoms with E-state index in [4.69, 9.17) is 17.0 Å². The molecule has 1 aromatic carbocycles. The summed E-state index contributed by atoms with van der Waals surface area (Å²) in [4.78, 5) is 11.5. The van der Waals surface area contributed by atoms with Crippen molar-refractivity contribution < 1.29 is 9.53 Å². The van der Waals surface area contributed by atoms with Gasteiger partial charge in [0, 0.05) is 5.75 Å². The minimum atomic E-state index is -0.285. The highest BCUT2D eigenvalue weighted by Crippen LogP contribution is 2.24. The Balaban J connectivity index is 1.95. The molecule has 0 radical (unpaired) electrons. The normalized spacial score (nSPS) is 10.4. The molecule has 7 heteroatoms. The van der Waals surface area contributed by atoms with Crippen molar-refractivity contribution in [3.63, 3.8) is 0 Å². The highest BCUT2D eigenvalue weighted by atomic mass is 32.2. The van der Waals surface area contributed by atoms with Crippen molar-refractivity contribution in [2.45, 2.75) is 17.0 Å². The number of nitrogens with zero attached hydrogens (tertiary/aromatic N) is 1. The van der Waals surface area contributed by atoms with Gasteiger partial charge in [0.15, 0.2) is 8.29 Å². The van der Waals surface area contributed by atoms with E-state index in [1.54, 1.807) is 30.8 Å². The fourth-order valence-corrected chi connectivity index (χ4v) is 3.41. The molecule has 0 saturated heterocycles. The summed E-state index contributed by atoms with van der Waals surface area (Å²) in [5.41, 5.74) is 1.70. The van der Waals surface area contributed by atoms with Crippen LogP contribution >= 0.6 is 35.3 Å². The van der Waals surface area contributed by atoms with Gasteiger partial charge in [-0.3, -0.25) is 5.10 Å². The summed E-state index contributed by atoms with van der Waals surface area (Å²) >= 11 is 8.04. The fourth-order valence-electron chi connectivity index (χ4n) is 1.37. The van der Waals surface area contributed by atoms with Gasteiger partial charge in [-0.2, -0.15) is 5.10 Å². The van der Waals surface area contributed by atoms with E-state index >= 15 is 0 Å². The highest BCUT2D eigenvalue weighted by Gasteiger charge is 2.06. The van der Waals surface area contributed by atoms with E-state index in [-0.39, 0.29) is 5.97 Å². The van der Waals surface area contributed by atoms with Gasteiger partial charge in [-0.05, 0) is 36.8 Å². The molecule has 2 rings (SSSR count). The number of aromatic nitrogens is 2. The topological polar surface area (TPSA) is 55.0 Å². The molecule has 0 amide bonds. The van der Waals surface area contributed by atoms with Crippen LogP contribution in [0.15, 0.2) is 28.6 Å². The minimum absolute atomic E-state index is 0.285. The van der Waals surface area contributed by atoms with Gasteiger partial charge in [0.2, 0.25) is 0 Å². The Morgan fingerprint density at radius 2 is 2.21 bits per heavy atom. The van der Waals surface area contributed by atoms with Gasteiger partial charge in [-0.1, -0.05) is 35.2 Å². The van der Waals surface area contributed by atoms with Crippen LogP contribution in [0.25, 0.3) is 0 Å². The van der Waals surface area contributed by atoms with Gasteiger partial charge >= 0.3 is 5.97 Å². The molecule has 2 aromatic rings. The van der Waals surface area contributed by atoms with Gasteiger partial charge in [-0.25, -0.2) is 4.79 Å². The SMILES string of the molecule is CCOC(=O)c1ccc(CSc2n[nH]c(=S)s2)cc1. The maximum atomic E-state index is 11.5. The van der Waals surface area contributed by atoms with E-state index in [0.717, 1.165) is 15.7 Å². The molecule has 0 saturated carbocycles. The smallest absolute Gasteiger partial charge is 0.338 e. The lowest BCUT2D eigenvalue weighted by molar-refractivity contribution is 0.0526. The Morgan fingerprint density at radius 1 is 1.47 bits per heavy atom. The van der Waals surface area contributed by atoms with Crippen molar-refractivity contribution >= 4 is 41.3 Å². The predicted octanol–water partition coefficient (Wildman–Crippen LogP) is 3.67. The van der Waals surface area contributed by atoms with Gasteiger partial charge in [0.05, 0.1) is 12.2 Å². The standard InChI is InChI=1S/C12H12N2O2S3/c1-2-16-10(15)9-5-3-8(4-6-9)7-18-12-14-13-11(17)19-12/h3-6H,2,7H2,1H3,(H,13,17). The lowest BCUT2D eigenvalue weighted by Crippen LogP contribution is -2.04. The second-order valence-electron chi connectivity index (χ2n) is 3.59. The van der Waals surface area contributed by atoms with Crippen molar-refractivity contribution in [3.8, 4) is 0 Å². The van der Waals surface area contributed by atoms with E-state index in [2.05, 4.69) is 10.2 Å². The molecular formula is C12H12N2O2S3. The third kappa shape index (κ3) is 4.15. The van der Waals surface area contributed by atoms with Crippen LogP contribution in [0.3, 0.4) is 0 Å². The molecule has 0 atom stereocenters. The molecule has 19 heavy (non-hydrogen) atoms. The van der Waals surface area contributed by atoms with Crippen molar-refractivity contribution in [1.29, 1.82) is 0 Å². The summed E-state index contributed by atoms with van der Waals surface area (Å²) in [5, 5.41) is 6.82. The van der Waals surface area contributed by atoms with Gasteiger partial charge < -0.3 is 4.74 Å². The number of rotatable bonds is 5. The first-order valence-electron chi connectivity index (χ1n) is 5.63. The van der Waals surface area contributed by atoms with Gasteiger partial charge in [-0.15, -0.1) is 0 Å². The summed E-state index contributed by atoms with van der Waals surface area (Å²) in [7, 11) is 0. The molecule has 0 aliphatic rings. The summed E-state index contributed by atoms with van der Waals surface area (Å²) in [6, 6.07) is 7.40. The monoisotopic (exact) mass is 312 g/mol. The van der Waals surface area contributed by atoms with Crippen LogP contribution in [0.1, 0.15) is 22.8 Å². The van der Waals surface area contributed by atoms with Crippen molar-refractivity contribution in [3.05, 3.63) is 39.3 Å². The first kappa shape index (κ1) is 14.2. The third-order valence-corrected chi connectivity index (χ3v) is 4.55. The van der Waals surface area contributed by atoms with Crippen LogP contribution in [0.4, 0.5) is 0 Å². The van der Waals surface area contributed by atoms with Crippen LogP contribution in [-0.2, 0) is 10.5 Å². The lowest BCUT2D eigenvalue weighted by atomic mass is 10.1. The van der Waals surface area contributed by atoms with E-state index in [0.29, 0.717) is 16.1 Å². The van der Waals surface area contributed by atoms with Crippen molar-refractivity contribution in [2.75, 3.05) is 6.61 Å². The van der Waals surface area contributed by atoms with Crippen LogP contribution < -0.4 is 0 Å². The molecule has 1 N–H and O–H groups in total. The maximum Gasteiger partial charge on any atom is 0.338 e. The molecule has 0 fully saturated rings. The first-order valence-corrected chi connectivity index (χ1v) is 7.84. The zero-order valence-electron chi connectivity index (χ0n) is 10.2. The predicted molar refractivity (Wildman–Crippen MR) is 79.3 cm³/mol. The maximum absolute atomic E-state index is 11.5. The summed E-state index contributed by atoms with van der Waals surface area (Å²) in [6.07, 6.45) is 0. The minimum Gasteiger partial charge on any atom is -0.462 e. The number of ether oxygens (including phenoxy) is 1. The van der Waals surface area contributed by atoms with Crippen molar-refractivity contribution in [1.82, 2.24) is 10.2 Å². The quantitative estimate of drug-likeness (QED) is 0.518. The molecule has 4 nitrogen and oxygen atoms in total.